The number of para-hydroxylation sites is 2. The first-order valence-electron chi connectivity index (χ1n) is 6.41. The Bertz CT molecular complexity index is 734. The van der Waals surface area contributed by atoms with Crippen molar-refractivity contribution in [2.75, 3.05) is 0 Å². The second-order valence-corrected chi connectivity index (χ2v) is 4.87. The van der Waals surface area contributed by atoms with Crippen molar-refractivity contribution in [1.29, 1.82) is 0 Å². The van der Waals surface area contributed by atoms with Crippen molar-refractivity contribution in [3.63, 3.8) is 0 Å². The van der Waals surface area contributed by atoms with Gasteiger partial charge in [-0.2, -0.15) is 0 Å². The summed E-state index contributed by atoms with van der Waals surface area (Å²) in [6, 6.07) is 14.3. The zero-order chi connectivity index (χ0) is 13.7. The standard InChI is InChI=1S/C16H12N2O2/c19-11-7-3-1-5-9(11)13-14-15(13)18-16(17-14)10-6-2-4-8-12(10)20/h1-8,14,19-20H,(H,17,18). The molecule has 1 heterocycles. The van der Waals surface area contributed by atoms with Crippen LogP contribution in [0.5, 0.6) is 11.5 Å². The smallest absolute Gasteiger partial charge is 0.137 e. The Labute approximate surface area is 115 Å². The maximum Gasteiger partial charge on any atom is 0.137 e. The van der Waals surface area contributed by atoms with E-state index in [0.29, 0.717) is 11.4 Å². The van der Waals surface area contributed by atoms with Gasteiger partial charge < -0.3 is 15.5 Å². The van der Waals surface area contributed by atoms with Crippen molar-refractivity contribution < 1.29 is 10.2 Å². The van der Waals surface area contributed by atoms with Crippen LogP contribution in [0.25, 0.3) is 5.57 Å². The molecule has 1 aliphatic carbocycles. The zero-order valence-electron chi connectivity index (χ0n) is 10.5. The number of rotatable bonds is 2. The van der Waals surface area contributed by atoms with Crippen LogP contribution in [-0.2, 0) is 0 Å². The molecule has 4 nitrogen and oxygen atoms in total. The molecular formula is C16H12N2O2. The molecule has 0 bridgehead atoms. The van der Waals surface area contributed by atoms with Gasteiger partial charge in [-0.1, -0.05) is 30.3 Å². The van der Waals surface area contributed by atoms with Crippen molar-refractivity contribution in [2.24, 2.45) is 4.99 Å². The molecule has 0 spiro atoms. The summed E-state index contributed by atoms with van der Waals surface area (Å²) < 4.78 is 0. The second-order valence-electron chi connectivity index (χ2n) is 4.87. The number of phenolic OH excluding ortho intramolecular Hbond substituents is 2. The lowest BCUT2D eigenvalue weighted by Crippen LogP contribution is -2.16. The first-order valence-corrected chi connectivity index (χ1v) is 6.41. The quantitative estimate of drug-likeness (QED) is 0.779. The first-order chi connectivity index (χ1) is 9.75. The third kappa shape index (κ3) is 1.51. The van der Waals surface area contributed by atoms with Crippen molar-refractivity contribution in [2.45, 2.75) is 6.04 Å². The molecule has 3 N–H and O–H groups in total. The maximum absolute atomic E-state index is 9.85. The number of nitrogens with zero attached hydrogens (tertiary/aromatic N) is 1. The number of fused-ring (bicyclic) bond motifs is 1. The Morgan fingerprint density at radius 3 is 2.00 bits per heavy atom. The van der Waals surface area contributed by atoms with Gasteiger partial charge >= 0.3 is 0 Å². The lowest BCUT2D eigenvalue weighted by Gasteiger charge is -2.06. The van der Waals surface area contributed by atoms with Gasteiger partial charge in [0.15, 0.2) is 0 Å². The van der Waals surface area contributed by atoms with Gasteiger partial charge in [0.05, 0.1) is 11.3 Å². The van der Waals surface area contributed by atoms with E-state index in [9.17, 15) is 10.2 Å². The molecule has 0 aromatic heterocycles. The van der Waals surface area contributed by atoms with Crippen molar-refractivity contribution in [1.82, 2.24) is 5.32 Å². The molecule has 1 atom stereocenters. The minimum Gasteiger partial charge on any atom is -0.507 e. The highest BCUT2D eigenvalue weighted by Gasteiger charge is 2.44. The third-order valence-corrected chi connectivity index (χ3v) is 3.62. The van der Waals surface area contributed by atoms with Crippen molar-refractivity contribution in [3.8, 4) is 11.5 Å². The molecule has 4 rings (SSSR count). The molecule has 0 amide bonds. The minimum absolute atomic E-state index is 0.0158. The van der Waals surface area contributed by atoms with Gasteiger partial charge in [0.25, 0.3) is 0 Å². The van der Waals surface area contributed by atoms with Gasteiger partial charge in [-0.3, -0.25) is 4.99 Å². The van der Waals surface area contributed by atoms with E-state index in [4.69, 9.17) is 0 Å². The summed E-state index contributed by atoms with van der Waals surface area (Å²) in [7, 11) is 0. The van der Waals surface area contributed by atoms with Crippen molar-refractivity contribution in [3.05, 3.63) is 65.4 Å². The molecule has 2 aromatic rings. The van der Waals surface area contributed by atoms with Crippen LogP contribution in [-0.4, -0.2) is 22.1 Å². The number of aromatic hydroxyl groups is 2. The molecule has 0 saturated carbocycles. The van der Waals surface area contributed by atoms with Crippen LogP contribution >= 0.6 is 0 Å². The molecule has 4 heteroatoms. The number of hydrogen-bond acceptors (Lipinski definition) is 4. The Balaban J connectivity index is 1.64. The predicted octanol–water partition coefficient (Wildman–Crippen LogP) is 2.24. The van der Waals surface area contributed by atoms with Gasteiger partial charge in [-0.25, -0.2) is 0 Å². The highest BCUT2D eigenvalue weighted by molar-refractivity contribution is 6.10. The van der Waals surface area contributed by atoms with E-state index < -0.39 is 0 Å². The molecule has 0 saturated heterocycles. The molecule has 2 aliphatic rings. The summed E-state index contributed by atoms with van der Waals surface area (Å²) >= 11 is 0. The number of hydrogen-bond donors (Lipinski definition) is 3. The molecule has 20 heavy (non-hydrogen) atoms. The van der Waals surface area contributed by atoms with E-state index in [2.05, 4.69) is 10.3 Å². The van der Waals surface area contributed by atoms with Crippen LogP contribution in [0.15, 0.2) is 59.2 Å². The number of benzene rings is 2. The molecule has 98 valence electrons. The van der Waals surface area contributed by atoms with Crippen LogP contribution < -0.4 is 5.32 Å². The fourth-order valence-electron chi connectivity index (χ4n) is 2.57. The van der Waals surface area contributed by atoms with Crippen LogP contribution in [0.2, 0.25) is 0 Å². The van der Waals surface area contributed by atoms with Gasteiger partial charge in [0.1, 0.15) is 23.4 Å². The van der Waals surface area contributed by atoms with E-state index in [1.807, 2.05) is 24.3 Å². The number of phenols is 2. The topological polar surface area (TPSA) is 64.9 Å². The molecule has 2 aromatic carbocycles. The zero-order valence-corrected chi connectivity index (χ0v) is 10.5. The highest BCUT2D eigenvalue weighted by atomic mass is 16.3. The SMILES string of the molecule is Oc1ccccc1C1=NC2C(=C2c2ccccc2O)N1. The van der Waals surface area contributed by atoms with Crippen LogP contribution in [0.1, 0.15) is 11.1 Å². The summed E-state index contributed by atoms with van der Waals surface area (Å²) in [5.74, 6) is 1.16. The minimum atomic E-state index is -0.0158. The summed E-state index contributed by atoms with van der Waals surface area (Å²) in [5, 5.41) is 22.9. The third-order valence-electron chi connectivity index (χ3n) is 3.62. The van der Waals surface area contributed by atoms with Crippen LogP contribution in [0, 0.1) is 0 Å². The Morgan fingerprint density at radius 2 is 1.45 bits per heavy atom. The fraction of sp³-hybridized carbons (Fsp3) is 0.0625. The lowest BCUT2D eigenvalue weighted by molar-refractivity contribution is 0.473. The lowest BCUT2D eigenvalue weighted by atomic mass is 10.1. The van der Waals surface area contributed by atoms with Gasteiger partial charge in [-0.05, 0) is 18.2 Å². The number of aliphatic imine (C=N–C) groups is 1. The molecule has 0 radical (unpaired) electrons. The van der Waals surface area contributed by atoms with E-state index in [-0.39, 0.29) is 17.5 Å². The normalized spacial score (nSPS) is 19.4. The van der Waals surface area contributed by atoms with Gasteiger partial charge in [0.2, 0.25) is 0 Å². The van der Waals surface area contributed by atoms with E-state index in [1.165, 1.54) is 0 Å². The average molecular weight is 264 g/mol. The maximum atomic E-state index is 9.85. The predicted molar refractivity (Wildman–Crippen MR) is 76.6 cm³/mol. The summed E-state index contributed by atoms with van der Waals surface area (Å²) in [6.45, 7) is 0. The fourth-order valence-corrected chi connectivity index (χ4v) is 2.57. The van der Waals surface area contributed by atoms with Crippen LogP contribution in [0.3, 0.4) is 0 Å². The first kappa shape index (κ1) is 11.1. The summed E-state index contributed by atoms with van der Waals surface area (Å²) in [4.78, 5) is 4.55. The largest absolute Gasteiger partial charge is 0.507 e. The second kappa shape index (κ2) is 3.87. The molecule has 1 unspecified atom stereocenters. The average Bonchev–Trinajstić information content (AvgIpc) is 2.93. The molecule has 0 fully saturated rings. The Hall–Kier alpha value is -2.75. The summed E-state index contributed by atoms with van der Waals surface area (Å²) in [5.41, 5.74) is 3.55. The molecule has 1 aliphatic heterocycles. The van der Waals surface area contributed by atoms with E-state index >= 15 is 0 Å². The van der Waals surface area contributed by atoms with E-state index in [0.717, 1.165) is 16.8 Å². The Morgan fingerprint density at radius 1 is 0.850 bits per heavy atom. The Kier molecular flexibility index (Phi) is 2.15. The number of amidine groups is 1. The number of nitrogens with one attached hydrogen (secondary N) is 1. The molecular weight excluding hydrogens is 252 g/mol. The van der Waals surface area contributed by atoms with Gasteiger partial charge in [-0.15, -0.1) is 0 Å². The summed E-state index contributed by atoms with van der Waals surface area (Å²) in [6.07, 6.45) is 0. The van der Waals surface area contributed by atoms with Gasteiger partial charge in [0, 0.05) is 11.1 Å². The van der Waals surface area contributed by atoms with Crippen LogP contribution in [0.4, 0.5) is 0 Å². The van der Waals surface area contributed by atoms with E-state index in [1.54, 1.807) is 24.3 Å². The monoisotopic (exact) mass is 264 g/mol. The van der Waals surface area contributed by atoms with Crippen molar-refractivity contribution >= 4 is 11.4 Å². The highest BCUT2D eigenvalue weighted by Crippen LogP contribution is 2.47.